The molecule has 0 saturated carbocycles. The van der Waals surface area contributed by atoms with Crippen LogP contribution in [-0.4, -0.2) is 39.3 Å². The number of nitrogens with zero attached hydrogens (tertiary/aromatic N) is 1. The smallest absolute Gasteiger partial charge is 0.323 e. The fourth-order valence-corrected chi connectivity index (χ4v) is 3.06. The van der Waals surface area contributed by atoms with E-state index < -0.39 is 30.2 Å². The summed E-state index contributed by atoms with van der Waals surface area (Å²) in [5.41, 5.74) is 0.692. The number of halogens is 1. The van der Waals surface area contributed by atoms with E-state index in [2.05, 4.69) is 0 Å². The minimum absolute atomic E-state index is 0.148. The van der Waals surface area contributed by atoms with Crippen LogP contribution in [0.3, 0.4) is 0 Å². The summed E-state index contributed by atoms with van der Waals surface area (Å²) in [6.07, 6.45) is 0. The number of carboxylic acid groups (broad SMARTS) is 1. The number of aliphatic carboxylic acids is 1. The van der Waals surface area contributed by atoms with Crippen LogP contribution in [0.4, 0.5) is 0 Å². The molecule has 1 saturated heterocycles. The van der Waals surface area contributed by atoms with Gasteiger partial charge in [0.25, 0.3) is 11.7 Å². The number of carbonyl (C=O) groups is 3. The Morgan fingerprint density at radius 1 is 1.00 bits per heavy atom. The van der Waals surface area contributed by atoms with Crippen LogP contribution in [0.15, 0.2) is 60.2 Å². The fraction of sp³-hybridized carbons (Fsp3) is 0.105. The second-order valence-corrected chi connectivity index (χ2v) is 6.17. The van der Waals surface area contributed by atoms with Gasteiger partial charge >= 0.3 is 5.97 Å². The van der Waals surface area contributed by atoms with Gasteiger partial charge in [-0.25, -0.2) is 0 Å². The number of carboxylic acids is 1. The van der Waals surface area contributed by atoms with E-state index in [9.17, 15) is 19.5 Å². The van der Waals surface area contributed by atoms with Gasteiger partial charge in [0, 0.05) is 10.6 Å². The largest absolute Gasteiger partial charge is 0.507 e. The molecule has 7 heteroatoms. The predicted octanol–water partition coefficient (Wildman–Crippen LogP) is 2.85. The molecule has 1 aliphatic rings. The number of amides is 1. The first kappa shape index (κ1) is 17.7. The van der Waals surface area contributed by atoms with Crippen LogP contribution in [0, 0.1) is 0 Å². The summed E-state index contributed by atoms with van der Waals surface area (Å²) in [6.45, 7) is -0.651. The average molecular weight is 372 g/mol. The Labute approximate surface area is 153 Å². The maximum atomic E-state index is 12.5. The Bertz CT molecular complexity index is 905. The van der Waals surface area contributed by atoms with Gasteiger partial charge < -0.3 is 15.1 Å². The summed E-state index contributed by atoms with van der Waals surface area (Å²) >= 11 is 5.84. The lowest BCUT2D eigenvalue weighted by atomic mass is 9.95. The van der Waals surface area contributed by atoms with Crippen molar-refractivity contribution < 1.29 is 24.6 Å². The summed E-state index contributed by atoms with van der Waals surface area (Å²) in [6, 6.07) is 13.6. The molecule has 132 valence electrons. The van der Waals surface area contributed by atoms with E-state index in [0.717, 1.165) is 4.90 Å². The highest BCUT2D eigenvalue weighted by Crippen LogP contribution is 2.39. The minimum Gasteiger partial charge on any atom is -0.507 e. The van der Waals surface area contributed by atoms with E-state index in [-0.39, 0.29) is 11.3 Å². The second kappa shape index (κ2) is 7.01. The van der Waals surface area contributed by atoms with Crippen molar-refractivity contribution >= 4 is 35.0 Å². The van der Waals surface area contributed by atoms with Crippen LogP contribution < -0.4 is 0 Å². The quantitative estimate of drug-likeness (QED) is 0.489. The fourth-order valence-electron chi connectivity index (χ4n) is 2.93. The van der Waals surface area contributed by atoms with Crippen molar-refractivity contribution in [2.75, 3.05) is 6.54 Å². The molecular weight excluding hydrogens is 358 g/mol. The molecule has 1 fully saturated rings. The van der Waals surface area contributed by atoms with Crippen molar-refractivity contribution in [3.8, 4) is 0 Å². The molecule has 1 atom stereocenters. The van der Waals surface area contributed by atoms with E-state index in [1.807, 2.05) is 0 Å². The van der Waals surface area contributed by atoms with E-state index in [4.69, 9.17) is 16.7 Å². The van der Waals surface area contributed by atoms with E-state index in [0.29, 0.717) is 16.1 Å². The van der Waals surface area contributed by atoms with E-state index in [1.54, 1.807) is 42.5 Å². The third kappa shape index (κ3) is 3.19. The van der Waals surface area contributed by atoms with Crippen molar-refractivity contribution in [2.45, 2.75) is 6.04 Å². The maximum Gasteiger partial charge on any atom is 0.323 e. The molecular formula is C19H14ClNO5. The number of ketones is 1. The van der Waals surface area contributed by atoms with Gasteiger partial charge in [0.1, 0.15) is 12.3 Å². The zero-order chi connectivity index (χ0) is 18.8. The molecule has 1 heterocycles. The Hall–Kier alpha value is -3.12. The van der Waals surface area contributed by atoms with Crippen molar-refractivity contribution in [3.05, 3.63) is 76.3 Å². The third-order valence-electron chi connectivity index (χ3n) is 4.08. The van der Waals surface area contributed by atoms with Crippen molar-refractivity contribution in [1.82, 2.24) is 4.90 Å². The topological polar surface area (TPSA) is 94.9 Å². The van der Waals surface area contributed by atoms with Crippen LogP contribution in [0.1, 0.15) is 17.2 Å². The number of rotatable bonds is 4. The predicted molar refractivity (Wildman–Crippen MR) is 94.5 cm³/mol. The molecule has 2 N–H and O–H groups in total. The van der Waals surface area contributed by atoms with Crippen LogP contribution in [0.2, 0.25) is 5.02 Å². The number of hydrogen-bond acceptors (Lipinski definition) is 4. The zero-order valence-corrected chi connectivity index (χ0v) is 14.2. The number of benzene rings is 2. The lowest BCUT2D eigenvalue weighted by Gasteiger charge is -2.23. The molecule has 0 spiro atoms. The number of aliphatic hydroxyl groups excluding tert-OH is 1. The van der Waals surface area contributed by atoms with Crippen LogP contribution in [0.25, 0.3) is 5.76 Å². The Morgan fingerprint density at radius 2 is 1.62 bits per heavy atom. The monoisotopic (exact) mass is 371 g/mol. The van der Waals surface area contributed by atoms with Crippen LogP contribution in [-0.2, 0) is 14.4 Å². The van der Waals surface area contributed by atoms with Crippen molar-refractivity contribution in [2.24, 2.45) is 0 Å². The van der Waals surface area contributed by atoms with Gasteiger partial charge in [-0.15, -0.1) is 0 Å². The van der Waals surface area contributed by atoms with Gasteiger partial charge in [-0.2, -0.15) is 0 Å². The highest BCUT2D eigenvalue weighted by Gasteiger charge is 2.46. The van der Waals surface area contributed by atoms with Crippen molar-refractivity contribution in [3.63, 3.8) is 0 Å². The van der Waals surface area contributed by atoms with E-state index in [1.165, 1.54) is 12.1 Å². The molecule has 2 aromatic rings. The molecule has 0 aromatic heterocycles. The Kier molecular flexibility index (Phi) is 4.77. The minimum atomic E-state index is -1.25. The molecule has 0 radical (unpaired) electrons. The van der Waals surface area contributed by atoms with Gasteiger partial charge in [-0.05, 0) is 29.8 Å². The summed E-state index contributed by atoms with van der Waals surface area (Å²) < 4.78 is 0. The zero-order valence-electron chi connectivity index (χ0n) is 13.4. The van der Waals surface area contributed by atoms with Crippen molar-refractivity contribution in [1.29, 1.82) is 0 Å². The van der Waals surface area contributed by atoms with Gasteiger partial charge in [0.15, 0.2) is 0 Å². The molecule has 0 bridgehead atoms. The number of carbonyl (C=O) groups excluding carboxylic acids is 2. The Balaban J connectivity index is 2.18. The SMILES string of the molecule is O=C(O)CN1C(=O)C(=O)C(=C(O)c2ccc(Cl)cc2)[C@@H]1c1ccccc1. The highest BCUT2D eigenvalue weighted by molar-refractivity contribution is 6.46. The first-order valence-corrected chi connectivity index (χ1v) is 8.09. The van der Waals surface area contributed by atoms with E-state index >= 15 is 0 Å². The molecule has 26 heavy (non-hydrogen) atoms. The Morgan fingerprint density at radius 3 is 2.19 bits per heavy atom. The van der Waals surface area contributed by atoms with Crippen LogP contribution in [0.5, 0.6) is 0 Å². The number of aliphatic hydroxyl groups is 1. The molecule has 1 amide bonds. The van der Waals surface area contributed by atoms with Gasteiger partial charge in [-0.1, -0.05) is 41.9 Å². The first-order chi connectivity index (χ1) is 12.4. The first-order valence-electron chi connectivity index (χ1n) is 7.71. The normalized spacial score (nSPS) is 19.0. The highest BCUT2D eigenvalue weighted by atomic mass is 35.5. The molecule has 6 nitrogen and oxygen atoms in total. The van der Waals surface area contributed by atoms with Gasteiger partial charge in [0.05, 0.1) is 11.6 Å². The van der Waals surface area contributed by atoms with Gasteiger partial charge in [0.2, 0.25) is 0 Å². The number of likely N-dealkylation sites (tertiary alicyclic amines) is 1. The summed E-state index contributed by atoms with van der Waals surface area (Å²) in [7, 11) is 0. The summed E-state index contributed by atoms with van der Waals surface area (Å²) in [4.78, 5) is 37.0. The lowest BCUT2D eigenvalue weighted by molar-refractivity contribution is -0.146. The third-order valence-corrected chi connectivity index (χ3v) is 4.33. The second-order valence-electron chi connectivity index (χ2n) is 5.74. The molecule has 3 rings (SSSR count). The molecule has 0 unspecified atom stereocenters. The molecule has 1 aliphatic heterocycles. The standard InChI is InChI=1S/C19H14ClNO5/c20-13-8-6-12(7-9-13)17(24)15-16(11-4-2-1-3-5-11)21(10-14(22)23)19(26)18(15)25/h1-9,16,24H,10H2,(H,22,23)/t16-/m0/s1. The maximum absolute atomic E-state index is 12.5. The summed E-state index contributed by atoms with van der Waals surface area (Å²) in [5, 5.41) is 20.2. The number of Topliss-reactive ketones (excluding diaryl/α,β-unsaturated/α-hetero) is 1. The summed E-state index contributed by atoms with van der Waals surface area (Å²) in [5.74, 6) is -3.51. The molecule has 2 aromatic carbocycles. The van der Waals surface area contributed by atoms with Gasteiger partial charge in [-0.3, -0.25) is 14.4 Å². The van der Waals surface area contributed by atoms with Crippen LogP contribution >= 0.6 is 11.6 Å². The lowest BCUT2D eigenvalue weighted by Crippen LogP contribution is -2.34. The number of hydrogen-bond donors (Lipinski definition) is 2. The average Bonchev–Trinajstić information content (AvgIpc) is 2.87. The molecule has 0 aliphatic carbocycles.